The van der Waals surface area contributed by atoms with Crippen molar-refractivity contribution in [2.45, 2.75) is 6.92 Å². The topological polar surface area (TPSA) is 115 Å². The van der Waals surface area contributed by atoms with E-state index in [1.54, 1.807) is 36.6 Å². The second kappa shape index (κ2) is 7.83. The van der Waals surface area contributed by atoms with Gasteiger partial charge in [-0.1, -0.05) is 6.07 Å². The number of hydrogen-bond donors (Lipinski definition) is 2. The fourth-order valence-electron chi connectivity index (χ4n) is 2.41. The molecule has 1 aromatic heterocycles. The number of carbonyl (C=O) groups is 1. The zero-order valence-electron chi connectivity index (χ0n) is 14.2. The second-order valence-corrected chi connectivity index (χ2v) is 6.28. The zero-order valence-corrected chi connectivity index (χ0v) is 15.0. The number of nitro benzene ring substituents is 1. The molecule has 0 aliphatic carbocycles. The predicted molar refractivity (Wildman–Crippen MR) is 102 cm³/mol. The van der Waals surface area contributed by atoms with Gasteiger partial charge >= 0.3 is 11.7 Å². The number of carboxylic acids is 1. The minimum Gasteiger partial charge on any atom is -0.487 e. The third-order valence-corrected chi connectivity index (χ3v) is 4.37. The maximum absolute atomic E-state index is 11.3. The van der Waals surface area contributed by atoms with Crippen molar-refractivity contribution in [3.05, 3.63) is 63.5 Å². The minimum atomic E-state index is -1.01. The summed E-state index contributed by atoms with van der Waals surface area (Å²) in [5.74, 6) is -0.800. The van der Waals surface area contributed by atoms with Gasteiger partial charge in [0.05, 0.1) is 22.8 Å². The Kier molecular flexibility index (Phi) is 5.32. The van der Waals surface area contributed by atoms with Gasteiger partial charge in [-0.05, 0) is 37.3 Å². The van der Waals surface area contributed by atoms with Gasteiger partial charge in [0.1, 0.15) is 0 Å². The molecule has 0 amide bonds. The molecule has 0 atom stereocenters. The summed E-state index contributed by atoms with van der Waals surface area (Å²) in [4.78, 5) is 26.2. The Balaban J connectivity index is 1.85. The van der Waals surface area contributed by atoms with Gasteiger partial charge < -0.3 is 15.2 Å². The van der Waals surface area contributed by atoms with Crippen molar-refractivity contribution in [3.8, 4) is 17.0 Å². The first-order valence-electron chi connectivity index (χ1n) is 7.95. The van der Waals surface area contributed by atoms with E-state index in [4.69, 9.17) is 9.84 Å². The Bertz CT molecular complexity index is 1000. The molecule has 0 bridgehead atoms. The number of nitrogens with zero attached hydrogens (tertiary/aromatic N) is 2. The third-order valence-electron chi connectivity index (χ3n) is 3.62. The number of ether oxygens (including phenoxy) is 1. The van der Waals surface area contributed by atoms with Crippen molar-refractivity contribution in [3.63, 3.8) is 0 Å². The summed E-state index contributed by atoms with van der Waals surface area (Å²) >= 11 is 1.31. The van der Waals surface area contributed by atoms with Crippen LogP contribution in [0.3, 0.4) is 0 Å². The molecule has 2 N–H and O–H groups in total. The second-order valence-electron chi connectivity index (χ2n) is 5.42. The monoisotopic (exact) mass is 385 g/mol. The van der Waals surface area contributed by atoms with E-state index in [0.29, 0.717) is 28.7 Å². The van der Waals surface area contributed by atoms with Crippen LogP contribution >= 0.6 is 11.3 Å². The highest BCUT2D eigenvalue weighted by molar-refractivity contribution is 7.14. The molecule has 138 valence electrons. The van der Waals surface area contributed by atoms with Crippen LogP contribution in [0.5, 0.6) is 5.75 Å². The highest BCUT2D eigenvalue weighted by atomic mass is 32.1. The summed E-state index contributed by atoms with van der Waals surface area (Å²) in [7, 11) is 0. The standard InChI is InChI=1S/C18H15N3O5S/c1-2-26-16-7-6-11(9-15(16)21(24)25)14-10-27-18(20-14)19-13-5-3-4-12(8-13)17(22)23/h3-10H,2H2,1H3,(H,19,20)(H,22,23). The van der Waals surface area contributed by atoms with Gasteiger partial charge in [0.15, 0.2) is 10.9 Å². The fourth-order valence-corrected chi connectivity index (χ4v) is 3.15. The summed E-state index contributed by atoms with van der Waals surface area (Å²) in [6.45, 7) is 2.09. The maximum Gasteiger partial charge on any atom is 0.335 e. The number of nitro groups is 1. The van der Waals surface area contributed by atoms with Gasteiger partial charge in [-0.2, -0.15) is 0 Å². The van der Waals surface area contributed by atoms with E-state index in [9.17, 15) is 14.9 Å². The summed E-state index contributed by atoms with van der Waals surface area (Å²) < 4.78 is 5.28. The lowest BCUT2D eigenvalue weighted by Crippen LogP contribution is -1.98. The number of carboxylic acid groups (broad SMARTS) is 1. The molecule has 9 heteroatoms. The van der Waals surface area contributed by atoms with E-state index in [1.165, 1.54) is 29.5 Å². The smallest absolute Gasteiger partial charge is 0.335 e. The highest BCUT2D eigenvalue weighted by Gasteiger charge is 2.17. The normalized spacial score (nSPS) is 10.4. The Hall–Kier alpha value is -3.46. The predicted octanol–water partition coefficient (Wildman–Crippen LogP) is 4.56. The molecule has 8 nitrogen and oxygen atoms in total. The number of thiazole rings is 1. The van der Waals surface area contributed by atoms with Crippen molar-refractivity contribution in [1.82, 2.24) is 4.98 Å². The molecule has 0 spiro atoms. The summed E-state index contributed by atoms with van der Waals surface area (Å²) in [6, 6.07) is 11.1. The Labute approximate surface area is 158 Å². The number of benzene rings is 2. The molecular weight excluding hydrogens is 370 g/mol. The van der Waals surface area contributed by atoms with Crippen LogP contribution in [-0.2, 0) is 0 Å². The van der Waals surface area contributed by atoms with Crippen LogP contribution in [0.2, 0.25) is 0 Å². The van der Waals surface area contributed by atoms with E-state index in [0.717, 1.165) is 0 Å². The number of anilines is 2. The maximum atomic E-state index is 11.3. The molecule has 2 aromatic carbocycles. The van der Waals surface area contributed by atoms with Crippen LogP contribution in [0.15, 0.2) is 47.8 Å². The molecule has 0 saturated carbocycles. The van der Waals surface area contributed by atoms with Crippen molar-refractivity contribution < 1.29 is 19.6 Å². The molecule has 27 heavy (non-hydrogen) atoms. The average Bonchev–Trinajstić information content (AvgIpc) is 3.10. The molecule has 0 saturated heterocycles. The number of rotatable bonds is 7. The molecule has 0 unspecified atom stereocenters. The molecule has 0 aliphatic heterocycles. The molecule has 0 aliphatic rings. The first kappa shape index (κ1) is 18.3. The third kappa shape index (κ3) is 4.21. The van der Waals surface area contributed by atoms with E-state index in [1.807, 2.05) is 0 Å². The van der Waals surface area contributed by atoms with Gasteiger partial charge in [0.25, 0.3) is 0 Å². The number of aromatic nitrogens is 1. The van der Waals surface area contributed by atoms with Gasteiger partial charge in [0.2, 0.25) is 0 Å². The quantitative estimate of drug-likeness (QED) is 0.452. The Morgan fingerprint density at radius 3 is 2.85 bits per heavy atom. The van der Waals surface area contributed by atoms with Crippen LogP contribution in [-0.4, -0.2) is 27.6 Å². The van der Waals surface area contributed by atoms with Crippen LogP contribution in [0, 0.1) is 10.1 Å². The Morgan fingerprint density at radius 1 is 1.33 bits per heavy atom. The first-order valence-corrected chi connectivity index (χ1v) is 8.83. The van der Waals surface area contributed by atoms with E-state index >= 15 is 0 Å². The van der Waals surface area contributed by atoms with Crippen molar-refractivity contribution in [2.24, 2.45) is 0 Å². The summed E-state index contributed by atoms with van der Waals surface area (Å²) in [5.41, 5.74) is 1.80. The van der Waals surface area contributed by atoms with Crippen LogP contribution < -0.4 is 10.1 Å². The SMILES string of the molecule is CCOc1ccc(-c2csc(Nc3cccc(C(=O)O)c3)n2)cc1[N+](=O)[O-]. The van der Waals surface area contributed by atoms with Gasteiger partial charge in [-0.3, -0.25) is 10.1 Å². The van der Waals surface area contributed by atoms with Gasteiger partial charge in [0, 0.05) is 22.7 Å². The highest BCUT2D eigenvalue weighted by Crippen LogP contribution is 2.34. The molecule has 3 rings (SSSR count). The first-order chi connectivity index (χ1) is 13.0. The van der Waals surface area contributed by atoms with Crippen molar-refractivity contribution in [1.29, 1.82) is 0 Å². The van der Waals surface area contributed by atoms with Crippen LogP contribution in [0.4, 0.5) is 16.5 Å². The lowest BCUT2D eigenvalue weighted by molar-refractivity contribution is -0.385. The summed E-state index contributed by atoms with van der Waals surface area (Å²) in [5, 5.41) is 25.7. The molecular formula is C18H15N3O5S. The molecule has 1 heterocycles. The van der Waals surface area contributed by atoms with Crippen LogP contribution in [0.25, 0.3) is 11.3 Å². The fraction of sp³-hybridized carbons (Fsp3) is 0.111. The Morgan fingerprint density at radius 2 is 2.15 bits per heavy atom. The van der Waals surface area contributed by atoms with Crippen molar-refractivity contribution >= 4 is 33.8 Å². The molecule has 0 radical (unpaired) electrons. The lowest BCUT2D eigenvalue weighted by Gasteiger charge is -2.05. The van der Waals surface area contributed by atoms with Gasteiger partial charge in [-0.25, -0.2) is 9.78 Å². The van der Waals surface area contributed by atoms with E-state index < -0.39 is 10.9 Å². The molecule has 0 fully saturated rings. The zero-order chi connectivity index (χ0) is 19.4. The number of nitrogens with one attached hydrogen (secondary N) is 1. The van der Waals surface area contributed by atoms with Crippen molar-refractivity contribution in [2.75, 3.05) is 11.9 Å². The molecule has 3 aromatic rings. The number of hydrogen-bond acceptors (Lipinski definition) is 7. The van der Waals surface area contributed by atoms with E-state index in [2.05, 4.69) is 10.3 Å². The van der Waals surface area contributed by atoms with E-state index in [-0.39, 0.29) is 17.0 Å². The van der Waals surface area contributed by atoms with Crippen LogP contribution in [0.1, 0.15) is 17.3 Å². The largest absolute Gasteiger partial charge is 0.487 e. The summed E-state index contributed by atoms with van der Waals surface area (Å²) in [6.07, 6.45) is 0. The lowest BCUT2D eigenvalue weighted by atomic mass is 10.1. The number of aromatic carboxylic acids is 1. The van der Waals surface area contributed by atoms with Gasteiger partial charge in [-0.15, -0.1) is 11.3 Å². The average molecular weight is 385 g/mol. The minimum absolute atomic E-state index is 0.119.